The quantitative estimate of drug-likeness (QED) is 0.545. The van der Waals surface area contributed by atoms with Gasteiger partial charge in [-0.05, 0) is 19.8 Å². The van der Waals surface area contributed by atoms with E-state index in [9.17, 15) is 4.79 Å². The number of nitrogens with one attached hydrogen (secondary N) is 1. The van der Waals surface area contributed by atoms with Gasteiger partial charge in [0.05, 0.1) is 6.17 Å². The Morgan fingerprint density at radius 1 is 1.64 bits per heavy atom. The molecular weight excluding hydrogens is 140 g/mol. The number of hydrogen-bond donors (Lipinski definition) is 1. The minimum Gasteiger partial charge on any atom is -0.327 e. The Morgan fingerprint density at radius 3 is 3.27 bits per heavy atom. The van der Waals surface area contributed by atoms with Crippen LogP contribution in [0.2, 0.25) is 0 Å². The van der Waals surface area contributed by atoms with Crippen LogP contribution >= 0.6 is 0 Å². The zero-order valence-electron chi connectivity index (χ0n) is 6.84. The van der Waals surface area contributed by atoms with Crippen LogP contribution in [-0.4, -0.2) is 29.6 Å². The van der Waals surface area contributed by atoms with Crippen molar-refractivity contribution in [3.8, 4) is 0 Å². The summed E-state index contributed by atoms with van der Waals surface area (Å²) in [6.07, 6.45) is 3.33. The summed E-state index contributed by atoms with van der Waals surface area (Å²) in [6.45, 7) is 3.04. The Hall–Kier alpha value is -0.570. The van der Waals surface area contributed by atoms with Crippen LogP contribution in [0.4, 0.5) is 0 Å². The van der Waals surface area contributed by atoms with Gasteiger partial charge >= 0.3 is 0 Å². The molecule has 2 unspecified atom stereocenters. The van der Waals surface area contributed by atoms with Crippen molar-refractivity contribution >= 4 is 5.91 Å². The van der Waals surface area contributed by atoms with E-state index in [1.807, 2.05) is 4.90 Å². The van der Waals surface area contributed by atoms with Crippen molar-refractivity contribution in [2.75, 3.05) is 6.54 Å². The highest BCUT2D eigenvalue weighted by atomic mass is 16.2. The predicted octanol–water partition coefficient (Wildman–Crippen LogP) is 0.317. The maximum atomic E-state index is 11.4. The molecule has 0 saturated carbocycles. The number of fused-ring (bicyclic) bond motifs is 1. The van der Waals surface area contributed by atoms with E-state index >= 15 is 0 Å². The molecule has 3 heteroatoms. The van der Waals surface area contributed by atoms with Gasteiger partial charge in [-0.3, -0.25) is 10.1 Å². The third kappa shape index (κ3) is 1.13. The minimum atomic E-state index is 0.332. The lowest BCUT2D eigenvalue weighted by molar-refractivity contribution is -0.136. The lowest BCUT2D eigenvalue weighted by Gasteiger charge is -2.34. The lowest BCUT2D eigenvalue weighted by atomic mass is 10.1. The van der Waals surface area contributed by atoms with Crippen molar-refractivity contribution in [1.82, 2.24) is 10.2 Å². The molecule has 0 aromatic rings. The van der Waals surface area contributed by atoms with Gasteiger partial charge in [0, 0.05) is 19.0 Å². The zero-order valence-corrected chi connectivity index (χ0v) is 6.84. The van der Waals surface area contributed by atoms with Gasteiger partial charge in [-0.1, -0.05) is 0 Å². The average Bonchev–Trinajstić information content (AvgIpc) is 2.34. The summed E-state index contributed by atoms with van der Waals surface area (Å²) in [4.78, 5) is 13.3. The standard InChI is InChI=1S/C8H14N2O/c1-6-5-8(11)10-4-2-3-7(10)9-6/h6-7,9H,2-5H2,1H3. The van der Waals surface area contributed by atoms with Crippen LogP contribution in [0.5, 0.6) is 0 Å². The smallest absolute Gasteiger partial charge is 0.225 e. The summed E-state index contributed by atoms with van der Waals surface area (Å²) in [6, 6.07) is 0.377. The van der Waals surface area contributed by atoms with Crippen LogP contribution in [0.3, 0.4) is 0 Å². The van der Waals surface area contributed by atoms with Gasteiger partial charge in [0.25, 0.3) is 0 Å². The second kappa shape index (κ2) is 2.48. The Kier molecular flexibility index (Phi) is 1.60. The van der Waals surface area contributed by atoms with E-state index in [1.165, 1.54) is 0 Å². The molecule has 0 spiro atoms. The summed E-state index contributed by atoms with van der Waals surface area (Å²) >= 11 is 0. The molecule has 1 amide bonds. The molecule has 0 bridgehead atoms. The fourth-order valence-electron chi connectivity index (χ4n) is 2.01. The number of nitrogens with zero attached hydrogens (tertiary/aromatic N) is 1. The SMILES string of the molecule is CC1CC(=O)N2CCCC2N1. The van der Waals surface area contributed by atoms with Crippen molar-refractivity contribution in [3.05, 3.63) is 0 Å². The summed E-state index contributed by atoms with van der Waals surface area (Å²) in [5, 5.41) is 3.41. The topological polar surface area (TPSA) is 32.3 Å². The third-order valence-corrected chi connectivity index (χ3v) is 2.53. The number of carbonyl (C=O) groups excluding carboxylic acids is 1. The molecule has 2 rings (SSSR count). The van der Waals surface area contributed by atoms with E-state index in [-0.39, 0.29) is 0 Å². The molecule has 0 aromatic carbocycles. The average molecular weight is 154 g/mol. The highest BCUT2D eigenvalue weighted by Gasteiger charge is 2.34. The maximum Gasteiger partial charge on any atom is 0.225 e. The van der Waals surface area contributed by atoms with Crippen LogP contribution < -0.4 is 5.32 Å². The normalized spacial score (nSPS) is 37.5. The minimum absolute atomic E-state index is 0.332. The molecule has 62 valence electrons. The van der Waals surface area contributed by atoms with Gasteiger partial charge in [-0.25, -0.2) is 0 Å². The first-order valence-corrected chi connectivity index (χ1v) is 4.33. The maximum absolute atomic E-state index is 11.4. The molecular formula is C8H14N2O. The molecule has 0 radical (unpaired) electrons. The van der Waals surface area contributed by atoms with E-state index in [1.54, 1.807) is 0 Å². The monoisotopic (exact) mass is 154 g/mol. The highest BCUT2D eigenvalue weighted by molar-refractivity contribution is 5.78. The van der Waals surface area contributed by atoms with Gasteiger partial charge in [0.15, 0.2) is 0 Å². The van der Waals surface area contributed by atoms with E-state index in [0.717, 1.165) is 19.4 Å². The summed E-state index contributed by atoms with van der Waals surface area (Å²) in [7, 11) is 0. The predicted molar refractivity (Wildman–Crippen MR) is 41.9 cm³/mol. The van der Waals surface area contributed by atoms with Gasteiger partial charge in [-0.15, -0.1) is 0 Å². The molecule has 1 N–H and O–H groups in total. The Balaban J connectivity index is 2.10. The van der Waals surface area contributed by atoms with Crippen molar-refractivity contribution in [2.24, 2.45) is 0 Å². The fourth-order valence-corrected chi connectivity index (χ4v) is 2.01. The van der Waals surface area contributed by atoms with Crippen molar-refractivity contribution in [3.63, 3.8) is 0 Å². The van der Waals surface area contributed by atoms with Gasteiger partial charge in [0.2, 0.25) is 5.91 Å². The first-order chi connectivity index (χ1) is 5.27. The molecule has 3 nitrogen and oxygen atoms in total. The van der Waals surface area contributed by atoms with Gasteiger partial charge in [-0.2, -0.15) is 0 Å². The molecule has 2 saturated heterocycles. The summed E-state index contributed by atoms with van der Waals surface area (Å²) in [5.74, 6) is 0.332. The molecule has 2 heterocycles. The number of amides is 1. The van der Waals surface area contributed by atoms with Crippen molar-refractivity contribution in [2.45, 2.75) is 38.4 Å². The molecule has 2 fully saturated rings. The van der Waals surface area contributed by atoms with E-state index in [0.29, 0.717) is 24.5 Å². The molecule has 2 atom stereocenters. The first kappa shape index (κ1) is 7.10. The van der Waals surface area contributed by atoms with E-state index in [2.05, 4.69) is 12.2 Å². The van der Waals surface area contributed by atoms with E-state index < -0.39 is 0 Å². The molecule has 2 aliphatic rings. The number of carbonyl (C=O) groups is 1. The van der Waals surface area contributed by atoms with Crippen LogP contribution in [-0.2, 0) is 4.79 Å². The Bertz CT molecular complexity index is 181. The zero-order chi connectivity index (χ0) is 7.84. The van der Waals surface area contributed by atoms with E-state index in [4.69, 9.17) is 0 Å². The lowest BCUT2D eigenvalue weighted by Crippen LogP contribution is -2.54. The first-order valence-electron chi connectivity index (χ1n) is 4.33. The Morgan fingerprint density at radius 2 is 2.45 bits per heavy atom. The third-order valence-electron chi connectivity index (χ3n) is 2.53. The second-order valence-electron chi connectivity index (χ2n) is 3.52. The molecule has 0 aliphatic carbocycles. The largest absolute Gasteiger partial charge is 0.327 e. The van der Waals surface area contributed by atoms with Crippen LogP contribution in [0, 0.1) is 0 Å². The Labute approximate surface area is 66.8 Å². The van der Waals surface area contributed by atoms with Crippen LogP contribution in [0.25, 0.3) is 0 Å². The van der Waals surface area contributed by atoms with Gasteiger partial charge < -0.3 is 4.90 Å². The molecule has 2 aliphatic heterocycles. The summed E-state index contributed by atoms with van der Waals surface area (Å²) < 4.78 is 0. The van der Waals surface area contributed by atoms with Crippen molar-refractivity contribution in [1.29, 1.82) is 0 Å². The number of rotatable bonds is 0. The van der Waals surface area contributed by atoms with Gasteiger partial charge in [0.1, 0.15) is 0 Å². The molecule has 0 aromatic heterocycles. The van der Waals surface area contributed by atoms with Crippen LogP contribution in [0.1, 0.15) is 26.2 Å². The fraction of sp³-hybridized carbons (Fsp3) is 0.875. The summed E-state index contributed by atoms with van der Waals surface area (Å²) in [5.41, 5.74) is 0. The highest BCUT2D eigenvalue weighted by Crippen LogP contribution is 2.20. The number of hydrogen-bond acceptors (Lipinski definition) is 2. The van der Waals surface area contributed by atoms with Crippen molar-refractivity contribution < 1.29 is 4.79 Å². The second-order valence-corrected chi connectivity index (χ2v) is 3.52. The molecule has 11 heavy (non-hydrogen) atoms. The van der Waals surface area contributed by atoms with Crippen LogP contribution in [0.15, 0.2) is 0 Å².